The van der Waals surface area contributed by atoms with Crippen LogP contribution in [-0.4, -0.2) is 23.6 Å². The lowest BCUT2D eigenvalue weighted by molar-refractivity contribution is -0.132. The smallest absolute Gasteiger partial charge is 0.153 e. The van der Waals surface area contributed by atoms with E-state index in [2.05, 4.69) is 0 Å². The summed E-state index contributed by atoms with van der Waals surface area (Å²) in [5.41, 5.74) is 2.93. The van der Waals surface area contributed by atoms with Crippen LogP contribution < -0.4 is 0 Å². The van der Waals surface area contributed by atoms with Crippen molar-refractivity contribution in [3.63, 3.8) is 0 Å². The molecule has 1 N–H and O–H groups in total. The summed E-state index contributed by atoms with van der Waals surface area (Å²) in [6, 6.07) is 14.9. The third-order valence-corrected chi connectivity index (χ3v) is 4.50. The molecule has 0 aromatic heterocycles. The summed E-state index contributed by atoms with van der Waals surface area (Å²) in [6.07, 6.45) is 3.82. The number of phenols is 1. The highest BCUT2D eigenvalue weighted by Crippen LogP contribution is 2.40. The summed E-state index contributed by atoms with van der Waals surface area (Å²) in [7, 11) is 0. The molecule has 2 aromatic carbocycles. The lowest BCUT2D eigenvalue weighted by Gasteiger charge is -2.36. The molecule has 1 aliphatic carbocycles. The predicted molar refractivity (Wildman–Crippen MR) is 83.8 cm³/mol. The Balaban J connectivity index is 1.74. The van der Waals surface area contributed by atoms with E-state index in [0.717, 1.165) is 16.7 Å². The van der Waals surface area contributed by atoms with E-state index < -0.39 is 0 Å². The first-order chi connectivity index (χ1) is 10.7. The monoisotopic (exact) mass is 292 g/mol. The van der Waals surface area contributed by atoms with Crippen LogP contribution in [0.2, 0.25) is 0 Å². The molecule has 1 heterocycles. The summed E-state index contributed by atoms with van der Waals surface area (Å²) in [5, 5.41) is 9.66. The Morgan fingerprint density at radius 1 is 1.09 bits per heavy atom. The predicted octanol–water partition coefficient (Wildman–Crippen LogP) is 3.25. The van der Waals surface area contributed by atoms with Crippen LogP contribution in [0.3, 0.4) is 0 Å². The summed E-state index contributed by atoms with van der Waals surface area (Å²) < 4.78 is 5.93. The van der Waals surface area contributed by atoms with Gasteiger partial charge in [0.1, 0.15) is 5.75 Å². The molecule has 0 amide bonds. The van der Waals surface area contributed by atoms with Crippen LogP contribution in [0.5, 0.6) is 5.75 Å². The molecule has 3 atom stereocenters. The first-order valence-electron chi connectivity index (χ1n) is 7.45. The molecular weight excluding hydrogens is 276 g/mol. The number of benzene rings is 2. The zero-order valence-corrected chi connectivity index (χ0v) is 12.0. The lowest BCUT2D eigenvalue weighted by atomic mass is 9.75. The van der Waals surface area contributed by atoms with Crippen molar-refractivity contribution in [2.24, 2.45) is 0 Å². The fraction of sp³-hybridized carbons (Fsp3) is 0.211. The molecule has 110 valence electrons. The molecule has 3 heteroatoms. The van der Waals surface area contributed by atoms with E-state index in [0.29, 0.717) is 6.61 Å². The number of aromatic hydroxyl groups is 1. The Labute approximate surface area is 128 Å². The van der Waals surface area contributed by atoms with Gasteiger partial charge in [-0.15, -0.1) is 0 Å². The van der Waals surface area contributed by atoms with Gasteiger partial charge in [-0.2, -0.15) is 0 Å². The number of phenolic OH excluding ortho intramolecular Hbond substituents is 1. The Kier molecular flexibility index (Phi) is 3.09. The van der Waals surface area contributed by atoms with E-state index in [1.807, 2.05) is 42.5 Å². The molecule has 1 aliphatic heterocycles. The normalized spacial score (nSPS) is 26.4. The van der Waals surface area contributed by atoms with Gasteiger partial charge in [0.25, 0.3) is 0 Å². The van der Waals surface area contributed by atoms with Gasteiger partial charge in [0, 0.05) is 0 Å². The van der Waals surface area contributed by atoms with Gasteiger partial charge in [-0.05, 0) is 28.8 Å². The average Bonchev–Trinajstić information content (AvgIpc) is 2.55. The van der Waals surface area contributed by atoms with Crippen molar-refractivity contribution in [2.75, 3.05) is 6.61 Å². The average molecular weight is 292 g/mol. The van der Waals surface area contributed by atoms with Crippen molar-refractivity contribution < 1.29 is 14.6 Å². The fourth-order valence-corrected chi connectivity index (χ4v) is 3.41. The molecule has 3 unspecified atom stereocenters. The maximum Gasteiger partial charge on any atom is 0.153 e. The summed E-state index contributed by atoms with van der Waals surface area (Å²) in [5.74, 6) is -0.245. The number of hydrogen-bond donors (Lipinski definition) is 1. The van der Waals surface area contributed by atoms with Crippen molar-refractivity contribution in [3.8, 4) is 5.75 Å². The first-order valence-corrected chi connectivity index (χ1v) is 7.45. The van der Waals surface area contributed by atoms with E-state index in [4.69, 9.17) is 4.74 Å². The fourth-order valence-electron chi connectivity index (χ4n) is 3.41. The van der Waals surface area contributed by atoms with E-state index in [1.165, 1.54) is 0 Å². The van der Waals surface area contributed by atoms with Crippen LogP contribution in [0.25, 0.3) is 6.08 Å². The zero-order chi connectivity index (χ0) is 15.1. The standard InChI is InChI=1S/C19H16O3/c20-14-6-3-5-13(10-14)16-11-22-17-9-8-12-4-1-2-7-15(12)18(17)19(16)21/h1-10,16-18,20H,11H2. The van der Waals surface area contributed by atoms with E-state index in [-0.39, 0.29) is 29.5 Å². The Morgan fingerprint density at radius 2 is 1.95 bits per heavy atom. The SMILES string of the molecule is O=C1C(c2cccc(O)c2)COC2C=Cc3ccccc3C12. The van der Waals surface area contributed by atoms with Crippen molar-refractivity contribution in [2.45, 2.75) is 17.9 Å². The number of rotatable bonds is 1. The molecule has 0 bridgehead atoms. The molecule has 0 saturated carbocycles. The van der Waals surface area contributed by atoms with Gasteiger partial charge >= 0.3 is 0 Å². The molecule has 1 fully saturated rings. The third kappa shape index (κ3) is 2.06. The van der Waals surface area contributed by atoms with Crippen molar-refractivity contribution in [3.05, 3.63) is 71.3 Å². The van der Waals surface area contributed by atoms with Crippen LogP contribution in [0.4, 0.5) is 0 Å². The number of fused-ring (bicyclic) bond motifs is 3. The highest BCUT2D eigenvalue weighted by molar-refractivity contribution is 5.95. The summed E-state index contributed by atoms with van der Waals surface area (Å²) >= 11 is 0. The Bertz CT molecular complexity index is 763. The third-order valence-electron chi connectivity index (χ3n) is 4.50. The number of carbonyl (C=O) groups is 1. The molecule has 2 aliphatic rings. The number of ketones is 1. The van der Waals surface area contributed by atoms with Gasteiger partial charge in [-0.25, -0.2) is 0 Å². The minimum absolute atomic E-state index is 0.165. The molecule has 2 aromatic rings. The van der Waals surface area contributed by atoms with E-state index >= 15 is 0 Å². The summed E-state index contributed by atoms with van der Waals surface area (Å²) in [6.45, 7) is 0.357. The van der Waals surface area contributed by atoms with E-state index in [1.54, 1.807) is 18.2 Å². The topological polar surface area (TPSA) is 46.5 Å². The second-order valence-electron chi connectivity index (χ2n) is 5.81. The van der Waals surface area contributed by atoms with Crippen LogP contribution in [0.15, 0.2) is 54.6 Å². The van der Waals surface area contributed by atoms with Crippen LogP contribution in [0, 0.1) is 0 Å². The van der Waals surface area contributed by atoms with Gasteiger partial charge in [0.05, 0.1) is 24.5 Å². The summed E-state index contributed by atoms with van der Waals surface area (Å²) in [4.78, 5) is 13.0. The van der Waals surface area contributed by atoms with Gasteiger partial charge in [0.15, 0.2) is 5.78 Å². The largest absolute Gasteiger partial charge is 0.508 e. The Morgan fingerprint density at radius 3 is 2.82 bits per heavy atom. The number of ether oxygens (including phenoxy) is 1. The Hall–Kier alpha value is -2.39. The van der Waals surface area contributed by atoms with Crippen LogP contribution in [0.1, 0.15) is 28.5 Å². The minimum atomic E-state index is -0.326. The molecule has 3 nitrogen and oxygen atoms in total. The second kappa shape index (κ2) is 5.11. The number of Topliss-reactive ketones (excluding diaryl/α,β-unsaturated/α-hetero) is 1. The van der Waals surface area contributed by atoms with Crippen molar-refractivity contribution in [1.29, 1.82) is 0 Å². The molecular formula is C19H16O3. The van der Waals surface area contributed by atoms with Gasteiger partial charge in [0.2, 0.25) is 0 Å². The van der Waals surface area contributed by atoms with Gasteiger partial charge in [-0.1, -0.05) is 48.6 Å². The quantitative estimate of drug-likeness (QED) is 0.877. The van der Waals surface area contributed by atoms with Crippen molar-refractivity contribution in [1.82, 2.24) is 0 Å². The highest BCUT2D eigenvalue weighted by Gasteiger charge is 2.41. The maximum atomic E-state index is 13.0. The molecule has 0 radical (unpaired) electrons. The van der Waals surface area contributed by atoms with Crippen molar-refractivity contribution >= 4 is 11.9 Å². The van der Waals surface area contributed by atoms with Gasteiger partial charge < -0.3 is 9.84 Å². The minimum Gasteiger partial charge on any atom is -0.508 e. The van der Waals surface area contributed by atoms with Crippen LogP contribution in [-0.2, 0) is 9.53 Å². The highest BCUT2D eigenvalue weighted by atomic mass is 16.5. The van der Waals surface area contributed by atoms with E-state index in [9.17, 15) is 9.90 Å². The number of carbonyl (C=O) groups excluding carboxylic acids is 1. The number of hydrogen-bond acceptors (Lipinski definition) is 3. The van der Waals surface area contributed by atoms with Gasteiger partial charge in [-0.3, -0.25) is 4.79 Å². The zero-order valence-electron chi connectivity index (χ0n) is 12.0. The lowest BCUT2D eigenvalue weighted by Crippen LogP contribution is -2.40. The first kappa shape index (κ1) is 13.3. The molecule has 4 rings (SSSR count). The molecule has 1 saturated heterocycles. The second-order valence-corrected chi connectivity index (χ2v) is 5.81. The van der Waals surface area contributed by atoms with Crippen LogP contribution >= 0.6 is 0 Å². The molecule has 0 spiro atoms. The molecule has 22 heavy (non-hydrogen) atoms. The maximum absolute atomic E-state index is 13.0.